The molecule has 1 saturated carbocycles. The lowest BCUT2D eigenvalue weighted by atomic mass is 9.80. The van der Waals surface area contributed by atoms with E-state index in [2.05, 4.69) is 0 Å². The Labute approximate surface area is 136 Å². The van der Waals surface area contributed by atoms with Gasteiger partial charge >= 0.3 is 0 Å². The van der Waals surface area contributed by atoms with Gasteiger partial charge in [-0.15, -0.1) is 0 Å². The number of alkyl halides is 3. The summed E-state index contributed by atoms with van der Waals surface area (Å²) in [5, 5.41) is 9.94. The number of sulfone groups is 1. The van der Waals surface area contributed by atoms with E-state index in [4.69, 9.17) is 34.8 Å². The average Bonchev–Trinajstić information content (AvgIpc) is 2.26. The van der Waals surface area contributed by atoms with Crippen molar-refractivity contribution in [2.45, 2.75) is 61.1 Å². The molecule has 0 aromatic rings. The van der Waals surface area contributed by atoms with Crippen molar-refractivity contribution in [3.8, 4) is 0 Å². The Morgan fingerprint density at radius 2 is 1.55 bits per heavy atom. The molecule has 7 heteroatoms. The summed E-state index contributed by atoms with van der Waals surface area (Å²) in [6.45, 7) is 5.17. The average molecular weight is 366 g/mol. The van der Waals surface area contributed by atoms with E-state index in [0.717, 1.165) is 12.8 Å². The van der Waals surface area contributed by atoms with E-state index in [1.165, 1.54) is 0 Å². The van der Waals surface area contributed by atoms with Crippen LogP contribution in [0.2, 0.25) is 0 Å². The Kier molecular flexibility index (Phi) is 6.11. The summed E-state index contributed by atoms with van der Waals surface area (Å²) in [5.74, 6) is 0.265. The first-order valence-corrected chi connectivity index (χ1v) is 9.60. The van der Waals surface area contributed by atoms with Gasteiger partial charge in [0.05, 0.1) is 10.5 Å². The van der Waals surface area contributed by atoms with E-state index >= 15 is 0 Å². The summed E-state index contributed by atoms with van der Waals surface area (Å²) < 4.78 is 22.0. The third-order valence-electron chi connectivity index (χ3n) is 4.06. The van der Waals surface area contributed by atoms with Crippen LogP contribution in [0.3, 0.4) is 0 Å². The van der Waals surface area contributed by atoms with Crippen molar-refractivity contribution in [3.05, 3.63) is 0 Å². The second kappa shape index (κ2) is 6.49. The van der Waals surface area contributed by atoms with Crippen LogP contribution < -0.4 is 0 Å². The molecular weight excluding hydrogens is 343 g/mol. The predicted molar refractivity (Wildman–Crippen MR) is 85.3 cm³/mol. The highest BCUT2D eigenvalue weighted by atomic mass is 35.6. The van der Waals surface area contributed by atoms with Crippen LogP contribution in [0.5, 0.6) is 0 Å². The normalized spacial score (nSPS) is 27.4. The minimum atomic E-state index is -3.10. The third-order valence-corrected chi connectivity index (χ3v) is 7.51. The third kappa shape index (κ3) is 4.91. The first-order chi connectivity index (χ1) is 8.84. The Morgan fingerprint density at radius 3 is 1.90 bits per heavy atom. The molecule has 1 rings (SSSR count). The second-order valence-electron chi connectivity index (χ2n) is 6.66. The van der Waals surface area contributed by atoms with Crippen LogP contribution in [-0.2, 0) is 9.84 Å². The van der Waals surface area contributed by atoms with Gasteiger partial charge in [0.15, 0.2) is 9.84 Å². The van der Waals surface area contributed by atoms with Crippen molar-refractivity contribution in [1.29, 1.82) is 0 Å². The van der Waals surface area contributed by atoms with Crippen molar-refractivity contribution in [3.63, 3.8) is 0 Å². The zero-order valence-corrected chi connectivity index (χ0v) is 15.2. The van der Waals surface area contributed by atoms with E-state index in [-0.39, 0.29) is 17.6 Å². The molecule has 20 heavy (non-hydrogen) atoms. The first-order valence-electron chi connectivity index (χ1n) is 6.81. The molecule has 0 amide bonds. The second-order valence-corrected chi connectivity index (χ2v) is 11.8. The van der Waals surface area contributed by atoms with E-state index in [1.807, 2.05) is 0 Å². The van der Waals surface area contributed by atoms with Gasteiger partial charge in [0.1, 0.15) is 6.10 Å². The van der Waals surface area contributed by atoms with Crippen LogP contribution in [0, 0.1) is 11.8 Å². The van der Waals surface area contributed by atoms with Gasteiger partial charge in [-0.25, -0.2) is 8.42 Å². The fourth-order valence-corrected chi connectivity index (χ4v) is 4.49. The summed E-state index contributed by atoms with van der Waals surface area (Å²) in [6.07, 6.45) is 1.89. The molecule has 0 radical (unpaired) electrons. The van der Waals surface area contributed by atoms with Gasteiger partial charge in [-0.05, 0) is 58.3 Å². The number of aliphatic hydroxyl groups is 1. The summed E-state index contributed by atoms with van der Waals surface area (Å²) in [4.78, 5) is 0. The molecule has 3 nitrogen and oxygen atoms in total. The standard InChI is InChI=1S/C13H23Cl3O3S/c1-12(2,3)20(18,19)8-9-4-6-10(7-5-9)11(17)13(14,15)16/h9-11,17H,4-8H2,1-3H3. The number of hydrogen-bond donors (Lipinski definition) is 1. The highest BCUT2D eigenvalue weighted by Crippen LogP contribution is 2.41. The van der Waals surface area contributed by atoms with Crippen LogP contribution in [-0.4, -0.2) is 33.9 Å². The smallest absolute Gasteiger partial charge is 0.216 e. The van der Waals surface area contributed by atoms with Crippen molar-refractivity contribution < 1.29 is 13.5 Å². The highest BCUT2D eigenvalue weighted by molar-refractivity contribution is 7.92. The first kappa shape index (κ1) is 18.8. The van der Waals surface area contributed by atoms with Gasteiger partial charge in [0.2, 0.25) is 3.79 Å². The molecule has 0 bridgehead atoms. The molecule has 1 fully saturated rings. The van der Waals surface area contributed by atoms with E-state index < -0.39 is 24.5 Å². The number of rotatable bonds is 3. The van der Waals surface area contributed by atoms with Gasteiger partial charge < -0.3 is 5.11 Å². The summed E-state index contributed by atoms with van der Waals surface area (Å²) >= 11 is 17.1. The SMILES string of the molecule is CC(C)(C)S(=O)(=O)CC1CCC(C(O)C(Cl)(Cl)Cl)CC1. The van der Waals surface area contributed by atoms with Crippen LogP contribution in [0.4, 0.5) is 0 Å². The molecule has 0 saturated heterocycles. The van der Waals surface area contributed by atoms with Crippen LogP contribution in [0.15, 0.2) is 0 Å². The Hall–Kier alpha value is 0.780. The molecule has 1 aliphatic rings. The molecular formula is C13H23Cl3O3S. The lowest BCUT2D eigenvalue weighted by molar-refractivity contribution is 0.0791. The number of halogens is 3. The van der Waals surface area contributed by atoms with Gasteiger partial charge in [0, 0.05) is 0 Å². The molecule has 0 spiro atoms. The topological polar surface area (TPSA) is 54.4 Å². The largest absolute Gasteiger partial charge is 0.388 e. The van der Waals surface area contributed by atoms with Gasteiger partial charge in [0.25, 0.3) is 0 Å². The maximum atomic E-state index is 12.2. The van der Waals surface area contributed by atoms with Gasteiger partial charge in [-0.3, -0.25) is 0 Å². The van der Waals surface area contributed by atoms with Crippen molar-refractivity contribution in [1.82, 2.24) is 0 Å². The fourth-order valence-electron chi connectivity index (χ4n) is 2.50. The molecule has 1 atom stereocenters. The van der Waals surface area contributed by atoms with Crippen LogP contribution in [0.1, 0.15) is 46.5 Å². The van der Waals surface area contributed by atoms with E-state index in [9.17, 15) is 13.5 Å². The Bertz CT molecular complexity index is 415. The lowest BCUT2D eigenvalue weighted by Gasteiger charge is -2.34. The van der Waals surface area contributed by atoms with Crippen molar-refractivity contribution in [2.75, 3.05) is 5.75 Å². The zero-order chi connectivity index (χ0) is 15.8. The van der Waals surface area contributed by atoms with Crippen LogP contribution >= 0.6 is 34.8 Å². The fraction of sp³-hybridized carbons (Fsp3) is 1.00. The predicted octanol–water partition coefficient (Wildman–Crippen LogP) is 3.74. The Morgan fingerprint density at radius 1 is 1.10 bits per heavy atom. The van der Waals surface area contributed by atoms with E-state index in [1.54, 1.807) is 20.8 Å². The molecule has 0 heterocycles. The summed E-state index contributed by atoms with van der Waals surface area (Å²) in [5.41, 5.74) is 0. The minimum Gasteiger partial charge on any atom is -0.388 e. The minimum absolute atomic E-state index is 0.0731. The summed E-state index contributed by atoms with van der Waals surface area (Å²) in [7, 11) is -3.10. The van der Waals surface area contributed by atoms with Gasteiger partial charge in [-0.1, -0.05) is 34.8 Å². The quantitative estimate of drug-likeness (QED) is 0.775. The highest BCUT2D eigenvalue weighted by Gasteiger charge is 2.40. The molecule has 1 N–H and O–H groups in total. The maximum Gasteiger partial charge on any atom is 0.216 e. The molecule has 120 valence electrons. The van der Waals surface area contributed by atoms with Crippen molar-refractivity contribution >= 4 is 44.6 Å². The van der Waals surface area contributed by atoms with Gasteiger partial charge in [-0.2, -0.15) is 0 Å². The number of aliphatic hydroxyl groups excluding tert-OH is 1. The molecule has 1 aliphatic carbocycles. The molecule has 0 aromatic carbocycles. The number of hydrogen-bond acceptors (Lipinski definition) is 3. The van der Waals surface area contributed by atoms with Crippen LogP contribution in [0.25, 0.3) is 0 Å². The molecule has 0 aromatic heterocycles. The summed E-state index contributed by atoms with van der Waals surface area (Å²) in [6, 6.07) is 0. The lowest BCUT2D eigenvalue weighted by Crippen LogP contribution is -2.38. The monoisotopic (exact) mass is 364 g/mol. The zero-order valence-electron chi connectivity index (χ0n) is 12.1. The maximum absolute atomic E-state index is 12.2. The van der Waals surface area contributed by atoms with E-state index in [0.29, 0.717) is 12.8 Å². The van der Waals surface area contributed by atoms with Crippen molar-refractivity contribution in [2.24, 2.45) is 11.8 Å². The molecule has 1 unspecified atom stereocenters. The molecule has 0 aliphatic heterocycles. The Balaban J connectivity index is 2.56.